The van der Waals surface area contributed by atoms with Gasteiger partial charge in [-0.25, -0.2) is 4.39 Å². The first-order valence-electron chi connectivity index (χ1n) is 9.35. The van der Waals surface area contributed by atoms with Gasteiger partial charge < -0.3 is 9.47 Å². The molecule has 3 heteroatoms. The maximum absolute atomic E-state index is 13.0. The van der Waals surface area contributed by atoms with Crippen molar-refractivity contribution in [3.63, 3.8) is 0 Å². The molecule has 3 aromatic rings. The van der Waals surface area contributed by atoms with Gasteiger partial charge in [0, 0.05) is 5.41 Å². The minimum atomic E-state index is -0.224. The number of hydrogen-bond acceptors (Lipinski definition) is 2. The van der Waals surface area contributed by atoms with Gasteiger partial charge in [0.2, 0.25) is 0 Å². The predicted octanol–water partition coefficient (Wildman–Crippen LogP) is 6.87. The Bertz CT molecular complexity index is 899. The summed E-state index contributed by atoms with van der Waals surface area (Å²) in [7, 11) is 0. The van der Waals surface area contributed by atoms with E-state index in [1.165, 1.54) is 12.1 Å². The van der Waals surface area contributed by atoms with E-state index in [0.717, 1.165) is 22.6 Å². The quantitative estimate of drug-likeness (QED) is 0.427. The third-order valence-electron chi connectivity index (χ3n) is 4.22. The third-order valence-corrected chi connectivity index (χ3v) is 4.22. The van der Waals surface area contributed by atoms with Crippen LogP contribution in [-0.2, 0) is 11.3 Å². The lowest BCUT2D eigenvalue weighted by atomic mass is 9.93. The molecule has 0 heterocycles. The second kappa shape index (κ2) is 9.34. The van der Waals surface area contributed by atoms with Crippen molar-refractivity contribution in [1.29, 1.82) is 0 Å². The van der Waals surface area contributed by atoms with E-state index >= 15 is 0 Å². The summed E-state index contributed by atoms with van der Waals surface area (Å²) in [5.41, 5.74) is 1.90. The Balaban J connectivity index is 1.52. The Morgan fingerprint density at radius 3 is 2.32 bits per heavy atom. The van der Waals surface area contributed by atoms with E-state index in [2.05, 4.69) is 19.9 Å². The number of hydrogen-bond donors (Lipinski definition) is 0. The Kier molecular flexibility index (Phi) is 6.62. The molecule has 0 fully saturated rings. The summed E-state index contributed by atoms with van der Waals surface area (Å²) in [6.45, 7) is 5.32. The van der Waals surface area contributed by atoms with Crippen LogP contribution < -0.4 is 4.74 Å². The minimum Gasteiger partial charge on any atom is -0.457 e. The zero-order valence-electron chi connectivity index (χ0n) is 16.3. The van der Waals surface area contributed by atoms with E-state index in [9.17, 15) is 4.39 Å². The smallest absolute Gasteiger partial charge is 0.127 e. The molecule has 28 heavy (non-hydrogen) atoms. The van der Waals surface area contributed by atoms with Crippen LogP contribution in [0.15, 0.2) is 84.9 Å². The summed E-state index contributed by atoms with van der Waals surface area (Å²) >= 11 is 0. The lowest BCUT2D eigenvalue weighted by Gasteiger charge is -2.20. The van der Waals surface area contributed by atoms with Crippen LogP contribution in [0.2, 0.25) is 0 Å². The van der Waals surface area contributed by atoms with Crippen molar-refractivity contribution in [3.05, 3.63) is 102 Å². The number of benzene rings is 3. The van der Waals surface area contributed by atoms with Gasteiger partial charge >= 0.3 is 0 Å². The first-order valence-corrected chi connectivity index (χ1v) is 9.35. The van der Waals surface area contributed by atoms with Crippen molar-refractivity contribution in [1.82, 2.24) is 0 Å². The van der Waals surface area contributed by atoms with Gasteiger partial charge in [-0.1, -0.05) is 68.5 Å². The fourth-order valence-corrected chi connectivity index (χ4v) is 2.70. The summed E-state index contributed by atoms with van der Waals surface area (Å²) < 4.78 is 24.8. The Morgan fingerprint density at radius 2 is 1.57 bits per heavy atom. The zero-order chi connectivity index (χ0) is 19.8. The van der Waals surface area contributed by atoms with Gasteiger partial charge in [0.15, 0.2) is 0 Å². The van der Waals surface area contributed by atoms with E-state index < -0.39 is 0 Å². The van der Waals surface area contributed by atoms with Gasteiger partial charge in [-0.05, 0) is 47.5 Å². The van der Waals surface area contributed by atoms with Crippen LogP contribution in [0.5, 0.6) is 11.5 Å². The molecule has 0 aliphatic carbocycles. The van der Waals surface area contributed by atoms with Crippen LogP contribution >= 0.6 is 0 Å². The van der Waals surface area contributed by atoms with Gasteiger partial charge in [-0.2, -0.15) is 0 Å². The lowest BCUT2D eigenvalue weighted by Crippen LogP contribution is -2.16. The van der Waals surface area contributed by atoms with Gasteiger partial charge in [0.05, 0.1) is 13.2 Å². The second-order valence-electron chi connectivity index (χ2n) is 7.43. The Hall–Kier alpha value is -2.91. The van der Waals surface area contributed by atoms with E-state index in [4.69, 9.17) is 9.47 Å². The van der Waals surface area contributed by atoms with Crippen molar-refractivity contribution in [2.45, 2.75) is 20.5 Å². The predicted molar refractivity (Wildman–Crippen MR) is 112 cm³/mol. The van der Waals surface area contributed by atoms with Crippen LogP contribution in [-0.4, -0.2) is 6.61 Å². The molecule has 0 amide bonds. The molecule has 0 unspecified atom stereocenters. The van der Waals surface area contributed by atoms with Crippen molar-refractivity contribution in [2.75, 3.05) is 6.61 Å². The minimum absolute atomic E-state index is 0.132. The van der Waals surface area contributed by atoms with Gasteiger partial charge in [0.25, 0.3) is 0 Å². The van der Waals surface area contributed by atoms with Crippen molar-refractivity contribution < 1.29 is 13.9 Å². The monoisotopic (exact) mass is 376 g/mol. The highest BCUT2D eigenvalue weighted by molar-refractivity contribution is 5.49. The first kappa shape index (κ1) is 19.8. The molecule has 144 valence electrons. The molecule has 0 aromatic heterocycles. The number of ether oxygens (including phenoxy) is 2. The van der Waals surface area contributed by atoms with Gasteiger partial charge in [0.1, 0.15) is 17.3 Å². The molecular formula is C25H25FO2. The van der Waals surface area contributed by atoms with Crippen molar-refractivity contribution in [3.8, 4) is 11.5 Å². The Labute approximate surface area is 166 Å². The molecule has 0 bridgehead atoms. The molecule has 3 rings (SSSR count). The Morgan fingerprint density at radius 1 is 0.857 bits per heavy atom. The normalized spacial score (nSPS) is 11.7. The average molecular weight is 376 g/mol. The number of rotatable bonds is 8. The molecule has 0 spiro atoms. The first-order chi connectivity index (χ1) is 13.5. The van der Waals surface area contributed by atoms with Crippen LogP contribution in [0, 0.1) is 11.2 Å². The zero-order valence-corrected chi connectivity index (χ0v) is 16.3. The topological polar surface area (TPSA) is 18.5 Å². The van der Waals surface area contributed by atoms with E-state index in [1.807, 2.05) is 60.7 Å². The van der Waals surface area contributed by atoms with Crippen LogP contribution in [0.1, 0.15) is 25.0 Å². The maximum atomic E-state index is 13.0. The lowest BCUT2D eigenvalue weighted by molar-refractivity contribution is 0.0719. The summed E-state index contributed by atoms with van der Waals surface area (Å²) in [6.07, 6.45) is 4.09. The molecule has 2 nitrogen and oxygen atoms in total. The standard InChI is InChI=1S/C25H25FO2/c1-25(2,16-15-20-11-13-22(26)14-12-20)19-27-18-21-7-6-10-24(17-21)28-23-8-4-3-5-9-23/h3-17H,18-19H2,1-2H3. The summed E-state index contributed by atoms with van der Waals surface area (Å²) in [5.74, 6) is 1.38. The van der Waals surface area contributed by atoms with Gasteiger partial charge in [-0.15, -0.1) is 0 Å². The third kappa shape index (κ3) is 6.36. The molecular weight excluding hydrogens is 351 g/mol. The molecule has 3 aromatic carbocycles. The SMILES string of the molecule is CC(C)(C=Cc1ccc(F)cc1)COCc1cccc(Oc2ccccc2)c1. The van der Waals surface area contributed by atoms with Crippen molar-refractivity contribution in [2.24, 2.45) is 5.41 Å². The fourth-order valence-electron chi connectivity index (χ4n) is 2.70. The molecule has 0 saturated carbocycles. The molecule has 0 aliphatic rings. The maximum Gasteiger partial charge on any atom is 0.127 e. The highest BCUT2D eigenvalue weighted by Gasteiger charge is 2.14. The van der Waals surface area contributed by atoms with Crippen LogP contribution in [0.4, 0.5) is 4.39 Å². The summed E-state index contributed by atoms with van der Waals surface area (Å²) in [6, 6.07) is 24.1. The molecule has 0 aliphatic heterocycles. The van der Waals surface area contributed by atoms with Crippen molar-refractivity contribution >= 4 is 6.08 Å². The molecule has 0 N–H and O–H groups in total. The highest BCUT2D eigenvalue weighted by atomic mass is 19.1. The largest absolute Gasteiger partial charge is 0.457 e. The van der Waals surface area contributed by atoms with E-state index in [0.29, 0.717) is 13.2 Å². The number of halogens is 1. The van der Waals surface area contributed by atoms with Crippen LogP contribution in [0.25, 0.3) is 6.08 Å². The number of para-hydroxylation sites is 1. The van der Waals surface area contributed by atoms with Crippen LogP contribution in [0.3, 0.4) is 0 Å². The van der Waals surface area contributed by atoms with E-state index in [1.54, 1.807) is 12.1 Å². The van der Waals surface area contributed by atoms with E-state index in [-0.39, 0.29) is 11.2 Å². The molecule has 0 atom stereocenters. The van der Waals surface area contributed by atoms with Gasteiger partial charge in [-0.3, -0.25) is 0 Å². The summed E-state index contributed by atoms with van der Waals surface area (Å²) in [5, 5.41) is 0. The average Bonchev–Trinajstić information content (AvgIpc) is 2.69. The molecule has 0 radical (unpaired) electrons. The second-order valence-corrected chi connectivity index (χ2v) is 7.43. The molecule has 0 saturated heterocycles. The summed E-state index contributed by atoms with van der Waals surface area (Å²) in [4.78, 5) is 0. The highest BCUT2D eigenvalue weighted by Crippen LogP contribution is 2.23. The fraction of sp³-hybridized carbons (Fsp3) is 0.200.